The van der Waals surface area contributed by atoms with Crippen molar-refractivity contribution in [2.45, 2.75) is 43.9 Å². The van der Waals surface area contributed by atoms with Crippen LogP contribution in [0.25, 0.3) is 10.4 Å². The first-order valence-electron chi connectivity index (χ1n) is 12.1. The number of aliphatic carboxylic acids is 1. The van der Waals surface area contributed by atoms with Crippen LogP contribution in [0.1, 0.15) is 43.5 Å². The summed E-state index contributed by atoms with van der Waals surface area (Å²) in [5.74, 6) is -1.28. The molecule has 4 bridgehead atoms. The zero-order valence-electron chi connectivity index (χ0n) is 19.4. The van der Waals surface area contributed by atoms with Crippen molar-refractivity contribution in [1.29, 1.82) is 0 Å². The highest BCUT2D eigenvalue weighted by Gasteiger charge is 2.62. The van der Waals surface area contributed by atoms with Gasteiger partial charge in [-0.1, -0.05) is 12.1 Å². The Hall–Kier alpha value is -3.33. The van der Waals surface area contributed by atoms with Gasteiger partial charge in [-0.2, -0.15) is 0 Å². The number of nitrogens with one attached hydrogen (secondary N) is 2. The summed E-state index contributed by atoms with van der Waals surface area (Å²) < 4.78 is 26.8. The van der Waals surface area contributed by atoms with Gasteiger partial charge in [0.05, 0.1) is 21.0 Å². The van der Waals surface area contributed by atoms with E-state index in [0.717, 1.165) is 59.7 Å². The molecule has 36 heavy (non-hydrogen) atoms. The summed E-state index contributed by atoms with van der Waals surface area (Å²) >= 11 is 1.63. The number of carboxylic acid groups (broad SMARTS) is 1. The van der Waals surface area contributed by atoms with Gasteiger partial charge in [0, 0.05) is 23.4 Å². The number of rotatable bonds is 5. The van der Waals surface area contributed by atoms with E-state index in [2.05, 4.69) is 10.6 Å². The number of anilines is 2. The summed E-state index contributed by atoms with van der Waals surface area (Å²) in [6.07, 6.45) is 7.34. The number of aromatic nitrogens is 1. The monoisotopic (exact) mass is 509 g/mol. The number of halogens is 2. The van der Waals surface area contributed by atoms with Crippen LogP contribution in [0, 0.1) is 28.9 Å². The van der Waals surface area contributed by atoms with Crippen LogP contribution in [-0.2, 0) is 10.2 Å². The first-order chi connectivity index (χ1) is 17.2. The third-order valence-electron chi connectivity index (χ3n) is 8.08. The van der Waals surface area contributed by atoms with Crippen molar-refractivity contribution in [3.63, 3.8) is 0 Å². The normalized spacial score (nSPS) is 28.2. The van der Waals surface area contributed by atoms with Gasteiger partial charge in [-0.15, -0.1) is 11.3 Å². The first kappa shape index (κ1) is 23.1. The highest BCUT2D eigenvalue weighted by atomic mass is 32.1. The van der Waals surface area contributed by atoms with E-state index in [-0.39, 0.29) is 11.1 Å². The molecule has 9 heteroatoms. The zero-order chi connectivity index (χ0) is 25.1. The molecule has 4 aliphatic carbocycles. The number of urea groups is 1. The predicted molar refractivity (Wildman–Crippen MR) is 133 cm³/mol. The lowest BCUT2D eigenvalue weighted by molar-refractivity contribution is -0.167. The number of benzene rings is 2. The van der Waals surface area contributed by atoms with Gasteiger partial charge in [0.2, 0.25) is 0 Å². The van der Waals surface area contributed by atoms with Gasteiger partial charge in [0.25, 0.3) is 0 Å². The molecule has 6 nitrogen and oxygen atoms in total. The second kappa shape index (κ2) is 8.37. The Bertz CT molecular complexity index is 1340. The fourth-order valence-corrected chi connectivity index (χ4v) is 8.14. The third-order valence-corrected chi connectivity index (χ3v) is 9.37. The quantitative estimate of drug-likeness (QED) is 0.359. The summed E-state index contributed by atoms with van der Waals surface area (Å²) in [5, 5.41) is 16.1. The average molecular weight is 510 g/mol. The lowest BCUT2D eigenvalue weighted by Gasteiger charge is -2.59. The molecule has 0 aliphatic heterocycles. The van der Waals surface area contributed by atoms with Gasteiger partial charge in [0.15, 0.2) is 0 Å². The van der Waals surface area contributed by atoms with E-state index in [1.54, 1.807) is 23.5 Å². The number of thiazole rings is 1. The summed E-state index contributed by atoms with van der Waals surface area (Å²) in [6.45, 7) is 0. The molecule has 2 atom stereocenters. The van der Waals surface area contributed by atoms with E-state index >= 15 is 0 Å². The number of hydrogen-bond donors (Lipinski definition) is 3. The van der Waals surface area contributed by atoms with Crippen molar-refractivity contribution in [3.8, 4) is 10.4 Å². The molecule has 4 saturated carbocycles. The van der Waals surface area contributed by atoms with E-state index in [9.17, 15) is 23.5 Å². The van der Waals surface area contributed by atoms with Crippen molar-refractivity contribution in [1.82, 2.24) is 4.98 Å². The number of hydrogen-bond acceptors (Lipinski definition) is 4. The molecule has 2 unspecified atom stereocenters. The van der Waals surface area contributed by atoms with Crippen LogP contribution in [0.4, 0.5) is 25.0 Å². The molecule has 0 radical (unpaired) electrons. The molecule has 1 aromatic heterocycles. The minimum atomic E-state index is -0.852. The maximum atomic E-state index is 13.8. The maximum absolute atomic E-state index is 13.8. The number of carbonyl (C=O) groups excluding carboxylic acids is 1. The van der Waals surface area contributed by atoms with Crippen LogP contribution < -0.4 is 10.6 Å². The minimum Gasteiger partial charge on any atom is -0.481 e. The third kappa shape index (κ3) is 3.95. The molecule has 4 aliphatic rings. The van der Waals surface area contributed by atoms with Gasteiger partial charge in [-0.25, -0.2) is 18.6 Å². The smallest absolute Gasteiger partial charge is 0.323 e. The van der Waals surface area contributed by atoms with E-state index in [1.165, 1.54) is 0 Å². The van der Waals surface area contributed by atoms with Crippen molar-refractivity contribution in [2.75, 3.05) is 10.6 Å². The molecule has 2 amide bonds. The van der Waals surface area contributed by atoms with E-state index in [4.69, 9.17) is 4.98 Å². The molecule has 4 fully saturated rings. The summed E-state index contributed by atoms with van der Waals surface area (Å²) in [6, 6.07) is 9.56. The number of carbonyl (C=O) groups is 2. The van der Waals surface area contributed by atoms with Crippen LogP contribution in [0.3, 0.4) is 0 Å². The Kier molecular flexibility index (Phi) is 5.37. The molecule has 2 aromatic carbocycles. The van der Waals surface area contributed by atoms with Crippen molar-refractivity contribution < 1.29 is 23.5 Å². The largest absolute Gasteiger partial charge is 0.481 e. The predicted octanol–water partition coefficient (Wildman–Crippen LogP) is 6.65. The summed E-state index contributed by atoms with van der Waals surface area (Å²) in [5.41, 5.74) is 0.623. The highest BCUT2D eigenvalue weighted by molar-refractivity contribution is 7.15. The molecular formula is C27H25F2N3O3S. The Balaban J connectivity index is 1.16. The first-order valence-corrected chi connectivity index (χ1v) is 12.9. The zero-order valence-corrected chi connectivity index (χ0v) is 20.2. The van der Waals surface area contributed by atoms with E-state index in [1.807, 2.05) is 18.3 Å². The standard InChI is InChI=1S/C27H25F2N3O3S/c28-18-3-6-21(20(29)8-18)32-25(35)31-19-4-1-17(2-5-19)22-13-30-23(36-22)26-9-15-7-16(10-26)12-27(11-15,14-26)24(33)34/h1-6,8,13,15-16H,7,9-12,14H2,(H,33,34)(H2,31,32,35). The molecule has 1 heterocycles. The highest BCUT2D eigenvalue weighted by Crippen LogP contribution is 2.66. The SMILES string of the molecule is O=C(Nc1ccc(-c2cnc(C34CC5CC(CC(C(=O)O)(C5)C3)C4)s2)cc1)Nc1ccc(F)cc1F. The van der Waals surface area contributed by atoms with Crippen LogP contribution >= 0.6 is 11.3 Å². The Morgan fingerprint density at radius 2 is 1.72 bits per heavy atom. The molecule has 7 rings (SSSR count). The van der Waals surface area contributed by atoms with Gasteiger partial charge in [-0.05, 0) is 80.2 Å². The molecule has 0 saturated heterocycles. The fraction of sp³-hybridized carbons (Fsp3) is 0.370. The van der Waals surface area contributed by atoms with Gasteiger partial charge in [0.1, 0.15) is 11.6 Å². The average Bonchev–Trinajstić information content (AvgIpc) is 3.32. The van der Waals surface area contributed by atoms with E-state index < -0.39 is 29.0 Å². The van der Waals surface area contributed by atoms with Gasteiger partial charge < -0.3 is 15.7 Å². The Morgan fingerprint density at radius 3 is 2.39 bits per heavy atom. The minimum absolute atomic E-state index is 0.114. The van der Waals surface area contributed by atoms with Gasteiger partial charge >= 0.3 is 12.0 Å². The van der Waals surface area contributed by atoms with Crippen molar-refractivity contribution in [3.05, 3.63) is 65.3 Å². The van der Waals surface area contributed by atoms with Crippen molar-refractivity contribution >= 4 is 34.7 Å². The Morgan fingerprint density at radius 1 is 1.00 bits per heavy atom. The lowest BCUT2D eigenvalue weighted by atomic mass is 9.44. The van der Waals surface area contributed by atoms with Crippen LogP contribution in [0.15, 0.2) is 48.7 Å². The second-order valence-electron chi connectivity index (χ2n) is 10.6. The van der Waals surface area contributed by atoms with E-state index in [0.29, 0.717) is 30.0 Å². The molecule has 186 valence electrons. The molecule has 0 spiro atoms. The molecule has 3 N–H and O–H groups in total. The topological polar surface area (TPSA) is 91.3 Å². The lowest BCUT2D eigenvalue weighted by Crippen LogP contribution is -2.56. The summed E-state index contributed by atoms with van der Waals surface area (Å²) in [4.78, 5) is 30.2. The van der Waals surface area contributed by atoms with Crippen molar-refractivity contribution in [2.24, 2.45) is 17.3 Å². The summed E-state index contributed by atoms with van der Waals surface area (Å²) in [7, 11) is 0. The van der Waals surface area contributed by atoms with Gasteiger partial charge in [-0.3, -0.25) is 4.79 Å². The maximum Gasteiger partial charge on any atom is 0.323 e. The van der Waals surface area contributed by atoms with Crippen LogP contribution in [-0.4, -0.2) is 22.1 Å². The van der Waals surface area contributed by atoms with Crippen LogP contribution in [0.2, 0.25) is 0 Å². The number of nitrogens with zero attached hydrogens (tertiary/aromatic N) is 1. The molecular weight excluding hydrogens is 484 g/mol. The number of amides is 2. The fourth-order valence-electron chi connectivity index (χ4n) is 7.01. The Labute approximate surface area is 210 Å². The molecule has 3 aromatic rings. The second-order valence-corrected chi connectivity index (χ2v) is 11.7. The van der Waals surface area contributed by atoms with Crippen LogP contribution in [0.5, 0.6) is 0 Å². The number of carboxylic acids is 1.